The molecule has 1 aliphatic rings. The van der Waals surface area contributed by atoms with E-state index < -0.39 is 10.0 Å². The van der Waals surface area contributed by atoms with Crippen LogP contribution >= 0.6 is 0 Å². The van der Waals surface area contributed by atoms with Crippen molar-refractivity contribution in [3.05, 3.63) is 0 Å². The standard InChI is InChI=1S/C12H24N2O4S/c1-14(2)12(7-5-8-12)10-13-19(16,17)9-4-6-11(15)18-3/h13H,4-10H2,1-3H3. The van der Waals surface area contributed by atoms with Gasteiger partial charge in [0.25, 0.3) is 0 Å². The number of rotatable bonds is 8. The van der Waals surface area contributed by atoms with Crippen molar-refractivity contribution in [1.29, 1.82) is 0 Å². The summed E-state index contributed by atoms with van der Waals surface area (Å²) in [7, 11) is 1.94. The summed E-state index contributed by atoms with van der Waals surface area (Å²) in [6, 6.07) is 0. The lowest BCUT2D eigenvalue weighted by Gasteiger charge is -2.47. The first-order chi connectivity index (χ1) is 8.81. The van der Waals surface area contributed by atoms with Gasteiger partial charge >= 0.3 is 5.97 Å². The van der Waals surface area contributed by atoms with Crippen molar-refractivity contribution >= 4 is 16.0 Å². The summed E-state index contributed by atoms with van der Waals surface area (Å²) in [5.41, 5.74) is -0.0323. The van der Waals surface area contributed by atoms with Crippen LogP contribution in [0.1, 0.15) is 32.1 Å². The van der Waals surface area contributed by atoms with Gasteiger partial charge in [0.1, 0.15) is 0 Å². The molecule has 0 bridgehead atoms. The topological polar surface area (TPSA) is 75.7 Å². The van der Waals surface area contributed by atoms with Crippen LogP contribution in [0.2, 0.25) is 0 Å². The Morgan fingerprint density at radius 2 is 2.00 bits per heavy atom. The van der Waals surface area contributed by atoms with Crippen LogP contribution in [0, 0.1) is 0 Å². The molecule has 112 valence electrons. The van der Waals surface area contributed by atoms with Crippen molar-refractivity contribution in [3.63, 3.8) is 0 Å². The third-order valence-electron chi connectivity index (χ3n) is 3.88. The molecule has 1 aliphatic carbocycles. The van der Waals surface area contributed by atoms with Crippen LogP contribution in [-0.4, -0.2) is 58.3 Å². The number of carbonyl (C=O) groups is 1. The number of hydrogen-bond acceptors (Lipinski definition) is 5. The van der Waals surface area contributed by atoms with E-state index in [1.807, 2.05) is 14.1 Å². The minimum Gasteiger partial charge on any atom is -0.469 e. The Morgan fingerprint density at radius 3 is 2.42 bits per heavy atom. The number of sulfonamides is 1. The van der Waals surface area contributed by atoms with Crippen LogP contribution in [0.25, 0.3) is 0 Å². The number of carbonyl (C=O) groups excluding carboxylic acids is 1. The van der Waals surface area contributed by atoms with Gasteiger partial charge in [-0.1, -0.05) is 0 Å². The smallest absolute Gasteiger partial charge is 0.305 e. The predicted molar refractivity (Wildman–Crippen MR) is 73.3 cm³/mol. The Bertz CT molecular complexity index is 402. The van der Waals surface area contributed by atoms with E-state index in [0.29, 0.717) is 6.54 Å². The molecule has 19 heavy (non-hydrogen) atoms. The molecule has 0 aliphatic heterocycles. The van der Waals surface area contributed by atoms with E-state index in [9.17, 15) is 13.2 Å². The normalized spacial score (nSPS) is 18.1. The van der Waals surface area contributed by atoms with E-state index in [1.165, 1.54) is 7.11 Å². The largest absolute Gasteiger partial charge is 0.469 e. The second-order valence-electron chi connectivity index (χ2n) is 5.29. The summed E-state index contributed by atoms with van der Waals surface area (Å²) in [6.07, 6.45) is 3.60. The second kappa shape index (κ2) is 6.67. The maximum atomic E-state index is 11.8. The van der Waals surface area contributed by atoms with Crippen molar-refractivity contribution in [3.8, 4) is 0 Å². The predicted octanol–water partition coefficient (Wildman–Crippen LogP) is 0.343. The highest BCUT2D eigenvalue weighted by atomic mass is 32.2. The molecule has 0 spiro atoms. The van der Waals surface area contributed by atoms with Crippen molar-refractivity contribution in [2.75, 3.05) is 33.5 Å². The first-order valence-electron chi connectivity index (χ1n) is 6.53. The van der Waals surface area contributed by atoms with Gasteiger partial charge in [-0.15, -0.1) is 0 Å². The summed E-state index contributed by atoms with van der Waals surface area (Å²) >= 11 is 0. The van der Waals surface area contributed by atoms with Crippen LogP contribution in [0.4, 0.5) is 0 Å². The molecule has 1 N–H and O–H groups in total. The molecule has 1 fully saturated rings. The zero-order valence-electron chi connectivity index (χ0n) is 11.9. The minimum absolute atomic E-state index is 0.0323. The first-order valence-corrected chi connectivity index (χ1v) is 8.18. The van der Waals surface area contributed by atoms with Crippen molar-refractivity contribution in [1.82, 2.24) is 9.62 Å². The van der Waals surface area contributed by atoms with Crippen LogP contribution in [-0.2, 0) is 19.6 Å². The van der Waals surface area contributed by atoms with E-state index in [4.69, 9.17) is 0 Å². The lowest BCUT2D eigenvalue weighted by molar-refractivity contribution is -0.140. The first kappa shape index (κ1) is 16.4. The molecule has 0 unspecified atom stereocenters. The van der Waals surface area contributed by atoms with Gasteiger partial charge in [-0.05, 0) is 39.8 Å². The maximum Gasteiger partial charge on any atom is 0.305 e. The quantitative estimate of drug-likeness (QED) is 0.653. The molecule has 0 amide bonds. The highest BCUT2D eigenvalue weighted by molar-refractivity contribution is 7.89. The number of methoxy groups -OCH3 is 1. The van der Waals surface area contributed by atoms with Gasteiger partial charge < -0.3 is 9.64 Å². The number of likely N-dealkylation sites (N-methyl/N-ethyl adjacent to an activating group) is 1. The van der Waals surface area contributed by atoms with E-state index in [2.05, 4.69) is 14.4 Å². The summed E-state index contributed by atoms with van der Waals surface area (Å²) in [5, 5.41) is 0. The van der Waals surface area contributed by atoms with Crippen molar-refractivity contribution in [2.45, 2.75) is 37.6 Å². The number of nitrogens with one attached hydrogen (secondary N) is 1. The zero-order valence-corrected chi connectivity index (χ0v) is 12.8. The molecule has 0 saturated heterocycles. The Balaban J connectivity index is 2.36. The Kier molecular flexibility index (Phi) is 5.76. The number of nitrogens with zero attached hydrogens (tertiary/aromatic N) is 1. The van der Waals surface area contributed by atoms with E-state index in [0.717, 1.165) is 19.3 Å². The van der Waals surface area contributed by atoms with Crippen LogP contribution in [0.5, 0.6) is 0 Å². The Hall–Kier alpha value is -0.660. The highest BCUT2D eigenvalue weighted by Gasteiger charge is 2.39. The van der Waals surface area contributed by atoms with Gasteiger partial charge in [-0.3, -0.25) is 4.79 Å². The fraction of sp³-hybridized carbons (Fsp3) is 0.917. The molecular formula is C12H24N2O4S. The van der Waals surface area contributed by atoms with Crippen molar-refractivity contribution < 1.29 is 17.9 Å². The molecule has 0 atom stereocenters. The lowest BCUT2D eigenvalue weighted by Crippen LogP contribution is -2.57. The summed E-state index contributed by atoms with van der Waals surface area (Å²) in [6.45, 7) is 0.445. The number of esters is 1. The number of ether oxygens (including phenoxy) is 1. The Labute approximate surface area is 115 Å². The molecular weight excluding hydrogens is 268 g/mol. The van der Waals surface area contributed by atoms with Gasteiger partial charge in [-0.2, -0.15) is 0 Å². The van der Waals surface area contributed by atoms with Crippen LogP contribution < -0.4 is 4.72 Å². The summed E-state index contributed by atoms with van der Waals surface area (Å²) in [5.74, 6) is -0.412. The molecule has 0 aromatic rings. The van der Waals surface area contributed by atoms with Gasteiger partial charge in [0.2, 0.25) is 10.0 Å². The summed E-state index contributed by atoms with van der Waals surface area (Å²) in [4.78, 5) is 13.0. The van der Waals surface area contributed by atoms with Crippen LogP contribution in [0.3, 0.4) is 0 Å². The monoisotopic (exact) mass is 292 g/mol. The second-order valence-corrected chi connectivity index (χ2v) is 7.22. The average Bonchev–Trinajstić information content (AvgIpc) is 2.26. The van der Waals surface area contributed by atoms with Gasteiger partial charge in [0.05, 0.1) is 12.9 Å². The van der Waals surface area contributed by atoms with Gasteiger partial charge in [0, 0.05) is 18.5 Å². The minimum atomic E-state index is -3.31. The fourth-order valence-electron chi connectivity index (χ4n) is 2.19. The van der Waals surface area contributed by atoms with Gasteiger partial charge in [-0.25, -0.2) is 13.1 Å². The van der Waals surface area contributed by atoms with Crippen molar-refractivity contribution in [2.24, 2.45) is 0 Å². The van der Waals surface area contributed by atoms with E-state index in [1.54, 1.807) is 0 Å². The molecule has 0 aromatic heterocycles. The SMILES string of the molecule is COC(=O)CCCS(=O)(=O)NCC1(N(C)C)CCC1. The number of hydrogen-bond donors (Lipinski definition) is 1. The average molecular weight is 292 g/mol. The lowest BCUT2D eigenvalue weighted by atomic mass is 9.76. The molecule has 0 heterocycles. The fourth-order valence-corrected chi connectivity index (χ4v) is 3.35. The molecule has 1 saturated carbocycles. The molecule has 1 rings (SSSR count). The molecule has 6 nitrogen and oxygen atoms in total. The van der Waals surface area contributed by atoms with Gasteiger partial charge in [0.15, 0.2) is 0 Å². The molecule has 0 radical (unpaired) electrons. The van der Waals surface area contributed by atoms with E-state index in [-0.39, 0.29) is 30.1 Å². The highest BCUT2D eigenvalue weighted by Crippen LogP contribution is 2.35. The van der Waals surface area contributed by atoms with Crippen LogP contribution in [0.15, 0.2) is 0 Å². The maximum absolute atomic E-state index is 11.8. The molecule has 0 aromatic carbocycles. The third kappa shape index (κ3) is 4.74. The molecule has 7 heteroatoms. The third-order valence-corrected chi connectivity index (χ3v) is 5.29. The van der Waals surface area contributed by atoms with E-state index >= 15 is 0 Å². The zero-order chi connectivity index (χ0) is 14.5. The Morgan fingerprint density at radius 1 is 1.37 bits per heavy atom. The summed E-state index contributed by atoms with van der Waals surface area (Å²) < 4.78 is 30.8.